The van der Waals surface area contributed by atoms with E-state index in [0.717, 1.165) is 12.1 Å². The van der Waals surface area contributed by atoms with Gasteiger partial charge >= 0.3 is 18.2 Å². The van der Waals surface area contributed by atoms with Crippen LogP contribution in [0.3, 0.4) is 0 Å². The SMILES string of the molecule is O=C(COC(=O)CNS(=O)(=O)c1ccc(Cl)c(Cl)c1)NC(=O)NCC(F)(F)F. The van der Waals surface area contributed by atoms with Crippen LogP contribution in [0.15, 0.2) is 23.1 Å². The molecule has 0 aliphatic rings. The summed E-state index contributed by atoms with van der Waals surface area (Å²) in [4.78, 5) is 33.5. The van der Waals surface area contributed by atoms with Gasteiger partial charge < -0.3 is 10.1 Å². The van der Waals surface area contributed by atoms with Gasteiger partial charge in [0.15, 0.2) is 6.61 Å². The Kier molecular flexibility index (Phi) is 8.48. The van der Waals surface area contributed by atoms with Crippen LogP contribution in [0.2, 0.25) is 10.0 Å². The van der Waals surface area contributed by atoms with E-state index in [-0.39, 0.29) is 14.9 Å². The van der Waals surface area contributed by atoms with Crippen LogP contribution in [0, 0.1) is 0 Å². The van der Waals surface area contributed by atoms with Crippen molar-refractivity contribution in [2.24, 2.45) is 0 Å². The van der Waals surface area contributed by atoms with Crippen LogP contribution in [-0.2, 0) is 24.3 Å². The molecule has 0 bridgehead atoms. The number of halogens is 5. The van der Waals surface area contributed by atoms with Crippen molar-refractivity contribution < 1.29 is 40.7 Å². The van der Waals surface area contributed by atoms with Crippen molar-refractivity contribution in [3.8, 4) is 0 Å². The van der Waals surface area contributed by atoms with Gasteiger partial charge in [-0.05, 0) is 18.2 Å². The van der Waals surface area contributed by atoms with Crippen LogP contribution in [0.4, 0.5) is 18.0 Å². The summed E-state index contributed by atoms with van der Waals surface area (Å²) < 4.78 is 65.9. The third-order valence-electron chi connectivity index (χ3n) is 2.67. The normalized spacial score (nSPS) is 11.6. The van der Waals surface area contributed by atoms with Crippen molar-refractivity contribution in [3.63, 3.8) is 0 Å². The molecular formula is C13H12Cl2F3N3O6S. The number of rotatable bonds is 7. The van der Waals surface area contributed by atoms with Crippen molar-refractivity contribution in [3.05, 3.63) is 28.2 Å². The lowest BCUT2D eigenvalue weighted by molar-refractivity contribution is -0.147. The van der Waals surface area contributed by atoms with Crippen LogP contribution in [0.5, 0.6) is 0 Å². The smallest absolute Gasteiger partial charge is 0.405 e. The van der Waals surface area contributed by atoms with Crippen LogP contribution in [-0.4, -0.2) is 52.2 Å². The molecule has 0 spiro atoms. The lowest BCUT2D eigenvalue weighted by atomic mass is 10.4. The number of benzene rings is 1. The van der Waals surface area contributed by atoms with Crippen molar-refractivity contribution in [1.29, 1.82) is 0 Å². The lowest BCUT2D eigenvalue weighted by Crippen LogP contribution is -2.44. The quantitative estimate of drug-likeness (QED) is 0.518. The van der Waals surface area contributed by atoms with Crippen LogP contribution in [0.1, 0.15) is 0 Å². The Morgan fingerprint density at radius 2 is 1.75 bits per heavy atom. The fraction of sp³-hybridized carbons (Fsp3) is 0.308. The van der Waals surface area contributed by atoms with E-state index < -0.39 is 53.8 Å². The fourth-order valence-corrected chi connectivity index (χ4v) is 2.82. The van der Waals surface area contributed by atoms with E-state index in [1.54, 1.807) is 0 Å². The van der Waals surface area contributed by atoms with Gasteiger partial charge in [-0.1, -0.05) is 23.2 Å². The highest BCUT2D eigenvalue weighted by Crippen LogP contribution is 2.24. The van der Waals surface area contributed by atoms with Crippen LogP contribution >= 0.6 is 23.2 Å². The molecule has 0 aliphatic heterocycles. The predicted octanol–water partition coefficient (Wildman–Crippen LogP) is 1.20. The Morgan fingerprint density at radius 1 is 1.11 bits per heavy atom. The maximum absolute atomic E-state index is 12.0. The Labute approximate surface area is 166 Å². The van der Waals surface area contributed by atoms with Gasteiger partial charge in [-0.25, -0.2) is 13.2 Å². The van der Waals surface area contributed by atoms with Gasteiger partial charge in [0.25, 0.3) is 5.91 Å². The molecule has 156 valence electrons. The third-order valence-corrected chi connectivity index (χ3v) is 4.81. The van der Waals surface area contributed by atoms with Gasteiger partial charge in [-0.15, -0.1) is 0 Å². The average Bonchev–Trinajstić information content (AvgIpc) is 2.58. The van der Waals surface area contributed by atoms with Crippen molar-refractivity contribution >= 4 is 51.1 Å². The van der Waals surface area contributed by atoms with E-state index in [0.29, 0.717) is 0 Å². The molecule has 28 heavy (non-hydrogen) atoms. The second-order valence-electron chi connectivity index (χ2n) is 4.91. The minimum atomic E-state index is -4.67. The largest absolute Gasteiger partial charge is 0.455 e. The third kappa shape index (κ3) is 8.73. The zero-order valence-electron chi connectivity index (χ0n) is 13.6. The second kappa shape index (κ2) is 9.91. The number of esters is 1. The molecule has 1 aromatic carbocycles. The fourth-order valence-electron chi connectivity index (χ4n) is 1.47. The van der Waals surface area contributed by atoms with E-state index in [1.807, 2.05) is 4.72 Å². The lowest BCUT2D eigenvalue weighted by Gasteiger charge is -2.10. The summed E-state index contributed by atoms with van der Waals surface area (Å²) in [6.45, 7) is -3.55. The number of imide groups is 1. The number of nitrogens with one attached hydrogen (secondary N) is 3. The van der Waals surface area contributed by atoms with Gasteiger partial charge in [0.05, 0.1) is 14.9 Å². The van der Waals surface area contributed by atoms with Gasteiger partial charge in [0, 0.05) is 0 Å². The second-order valence-corrected chi connectivity index (χ2v) is 7.49. The number of amides is 3. The topological polar surface area (TPSA) is 131 Å². The highest BCUT2D eigenvalue weighted by Gasteiger charge is 2.28. The molecule has 0 unspecified atom stereocenters. The molecule has 0 saturated heterocycles. The summed E-state index contributed by atoms with van der Waals surface area (Å²) in [6, 6.07) is 1.96. The van der Waals surface area contributed by atoms with E-state index in [1.165, 1.54) is 16.7 Å². The summed E-state index contributed by atoms with van der Waals surface area (Å²) in [6.07, 6.45) is -4.67. The molecule has 0 radical (unpaired) electrons. The Morgan fingerprint density at radius 3 is 2.32 bits per heavy atom. The van der Waals surface area contributed by atoms with Crippen LogP contribution in [0.25, 0.3) is 0 Å². The number of urea groups is 1. The number of alkyl halides is 3. The first-order valence-electron chi connectivity index (χ1n) is 7.05. The summed E-state index contributed by atoms with van der Waals surface area (Å²) >= 11 is 11.4. The van der Waals surface area contributed by atoms with Gasteiger partial charge in [0.2, 0.25) is 10.0 Å². The van der Waals surface area contributed by atoms with E-state index in [2.05, 4.69) is 4.74 Å². The zero-order valence-corrected chi connectivity index (χ0v) is 15.9. The first-order valence-corrected chi connectivity index (χ1v) is 9.29. The number of sulfonamides is 1. The number of hydrogen-bond acceptors (Lipinski definition) is 6. The van der Waals surface area contributed by atoms with Gasteiger partial charge in [-0.3, -0.25) is 14.9 Å². The molecule has 0 aromatic heterocycles. The first-order chi connectivity index (χ1) is 12.8. The molecule has 3 N–H and O–H groups in total. The highest BCUT2D eigenvalue weighted by atomic mass is 35.5. The Hall–Kier alpha value is -2.09. The molecule has 9 nitrogen and oxygen atoms in total. The summed E-state index contributed by atoms with van der Waals surface area (Å²) in [5, 5.41) is 2.93. The number of carbonyl (C=O) groups excluding carboxylic acids is 3. The summed E-state index contributed by atoms with van der Waals surface area (Å²) in [5.74, 6) is -2.41. The highest BCUT2D eigenvalue weighted by molar-refractivity contribution is 7.89. The van der Waals surface area contributed by atoms with Crippen molar-refractivity contribution in [2.45, 2.75) is 11.1 Å². The minimum Gasteiger partial charge on any atom is -0.455 e. The predicted molar refractivity (Wildman–Crippen MR) is 90.2 cm³/mol. The molecule has 0 atom stereocenters. The van der Waals surface area contributed by atoms with Crippen molar-refractivity contribution in [1.82, 2.24) is 15.4 Å². The van der Waals surface area contributed by atoms with E-state index >= 15 is 0 Å². The van der Waals surface area contributed by atoms with E-state index in [4.69, 9.17) is 23.2 Å². The number of ether oxygens (including phenoxy) is 1. The maximum atomic E-state index is 12.0. The molecule has 0 saturated carbocycles. The molecule has 0 heterocycles. The monoisotopic (exact) mass is 465 g/mol. The average molecular weight is 466 g/mol. The number of carbonyl (C=O) groups is 3. The van der Waals surface area contributed by atoms with Gasteiger partial charge in [0.1, 0.15) is 13.1 Å². The van der Waals surface area contributed by atoms with Crippen LogP contribution < -0.4 is 15.4 Å². The minimum absolute atomic E-state index is 0.0346. The van der Waals surface area contributed by atoms with E-state index in [9.17, 15) is 36.0 Å². The maximum Gasteiger partial charge on any atom is 0.405 e. The molecular weight excluding hydrogens is 454 g/mol. The van der Waals surface area contributed by atoms with Gasteiger partial charge in [-0.2, -0.15) is 17.9 Å². The Bertz CT molecular complexity index is 864. The first kappa shape index (κ1) is 23.9. The summed E-state index contributed by atoms with van der Waals surface area (Å²) in [7, 11) is -4.14. The Balaban J connectivity index is 2.42. The molecule has 0 fully saturated rings. The molecule has 1 rings (SSSR count). The molecule has 0 aliphatic carbocycles. The zero-order chi connectivity index (χ0) is 21.5. The molecule has 15 heteroatoms. The molecule has 3 amide bonds. The number of hydrogen-bond donors (Lipinski definition) is 3. The molecule has 1 aromatic rings. The summed E-state index contributed by atoms with van der Waals surface area (Å²) in [5.41, 5.74) is 0. The standard InChI is InChI=1S/C13H12Cl2F3N3O6S/c14-8-2-1-7(3-9(8)15)28(25,26)20-4-11(23)27-5-10(22)21-12(24)19-6-13(16,17)18/h1-3,20H,4-6H2,(H2,19,21,22,24). The van der Waals surface area contributed by atoms with Crippen molar-refractivity contribution in [2.75, 3.05) is 19.7 Å².